The number of aryl methyl sites for hydroxylation is 2. The number of rotatable bonds is 6. The Hall–Kier alpha value is -2.27. The molecule has 0 saturated carbocycles. The van der Waals surface area contributed by atoms with Gasteiger partial charge in [-0.1, -0.05) is 29.8 Å². The minimum Gasteiger partial charge on any atom is -0.435 e. The first kappa shape index (κ1) is 17.1. The van der Waals surface area contributed by atoms with Gasteiger partial charge in [0.25, 0.3) is 0 Å². The number of benzene rings is 2. The quantitative estimate of drug-likeness (QED) is 0.811. The summed E-state index contributed by atoms with van der Waals surface area (Å²) in [6.45, 7) is 0.599. The maximum Gasteiger partial charge on any atom is 0.387 e. The van der Waals surface area contributed by atoms with Gasteiger partial charge in [-0.05, 0) is 43.2 Å². The van der Waals surface area contributed by atoms with E-state index in [-0.39, 0.29) is 18.0 Å². The molecule has 0 saturated heterocycles. The summed E-state index contributed by atoms with van der Waals surface area (Å²) in [4.78, 5) is 12.2. The first-order valence-electron chi connectivity index (χ1n) is 7.20. The van der Waals surface area contributed by atoms with Gasteiger partial charge in [-0.3, -0.25) is 4.79 Å². The zero-order valence-corrected chi connectivity index (χ0v) is 12.9. The summed E-state index contributed by atoms with van der Waals surface area (Å²) in [5.41, 5.74) is 2.48. The second kappa shape index (κ2) is 7.33. The first-order chi connectivity index (χ1) is 10.9. The number of carbonyl (C=O) groups is 1. The zero-order valence-electron chi connectivity index (χ0n) is 12.9. The van der Waals surface area contributed by atoms with E-state index in [1.165, 1.54) is 12.1 Å². The Bertz CT molecular complexity index is 698. The Morgan fingerprint density at radius 1 is 1.17 bits per heavy atom. The van der Waals surface area contributed by atoms with Crippen molar-refractivity contribution in [2.75, 3.05) is 0 Å². The summed E-state index contributed by atoms with van der Waals surface area (Å²) in [5.74, 6) is -0.118. The van der Waals surface area contributed by atoms with Crippen molar-refractivity contribution in [3.8, 4) is 5.75 Å². The smallest absolute Gasteiger partial charge is 0.387 e. The van der Waals surface area contributed by atoms with Crippen LogP contribution in [-0.2, 0) is 0 Å². The van der Waals surface area contributed by atoms with E-state index in [1.807, 2.05) is 13.0 Å². The van der Waals surface area contributed by atoms with E-state index in [4.69, 9.17) is 0 Å². The number of alkyl halides is 2. The summed E-state index contributed by atoms with van der Waals surface area (Å²) in [6, 6.07) is 11.5. The molecule has 23 heavy (non-hydrogen) atoms. The molecular weight excluding hydrogens is 302 g/mol. The molecule has 122 valence electrons. The van der Waals surface area contributed by atoms with Crippen molar-refractivity contribution in [1.82, 2.24) is 0 Å². The number of ether oxygens (including phenoxy) is 1. The first-order valence-corrected chi connectivity index (χ1v) is 7.20. The molecule has 1 atom stereocenters. The average Bonchev–Trinajstić information content (AvgIpc) is 2.48. The Labute approximate surface area is 133 Å². The molecule has 5 heteroatoms. The van der Waals surface area contributed by atoms with Gasteiger partial charge in [0.1, 0.15) is 5.75 Å². The largest absolute Gasteiger partial charge is 0.435 e. The molecule has 3 nitrogen and oxygen atoms in total. The second-order valence-corrected chi connectivity index (χ2v) is 5.42. The molecule has 1 N–H and O–H groups in total. The third-order valence-electron chi connectivity index (χ3n) is 3.52. The van der Waals surface area contributed by atoms with Crippen molar-refractivity contribution in [2.24, 2.45) is 0 Å². The molecule has 0 aliphatic rings. The number of halogens is 2. The lowest BCUT2D eigenvalue weighted by Gasteiger charge is -2.14. The fourth-order valence-corrected chi connectivity index (χ4v) is 2.34. The average molecular weight is 320 g/mol. The van der Waals surface area contributed by atoms with Crippen LogP contribution >= 0.6 is 0 Å². The van der Waals surface area contributed by atoms with Crippen LogP contribution in [0, 0.1) is 13.8 Å². The molecule has 0 heterocycles. The minimum atomic E-state index is -2.90. The summed E-state index contributed by atoms with van der Waals surface area (Å²) in [6.07, 6.45) is -1.07. The predicted molar refractivity (Wildman–Crippen MR) is 82.9 cm³/mol. The van der Waals surface area contributed by atoms with Gasteiger partial charge in [-0.25, -0.2) is 0 Å². The summed E-state index contributed by atoms with van der Waals surface area (Å²) < 4.78 is 28.8. The van der Waals surface area contributed by atoms with E-state index in [9.17, 15) is 18.7 Å². The third kappa shape index (κ3) is 4.60. The van der Waals surface area contributed by atoms with Crippen LogP contribution in [0.3, 0.4) is 0 Å². The SMILES string of the molecule is Cc1cccc(C(=O)CC(O)c2ccc(OC(F)F)c(C)c2)c1. The van der Waals surface area contributed by atoms with E-state index in [0.29, 0.717) is 16.7 Å². The third-order valence-corrected chi connectivity index (χ3v) is 3.52. The van der Waals surface area contributed by atoms with Crippen LogP contribution < -0.4 is 4.74 Å². The van der Waals surface area contributed by atoms with E-state index in [0.717, 1.165) is 5.56 Å². The molecule has 0 aliphatic carbocycles. The molecule has 0 aromatic heterocycles. The molecule has 0 fully saturated rings. The van der Waals surface area contributed by atoms with E-state index < -0.39 is 12.7 Å². The Morgan fingerprint density at radius 3 is 2.52 bits per heavy atom. The van der Waals surface area contributed by atoms with Gasteiger partial charge >= 0.3 is 6.61 Å². The highest BCUT2D eigenvalue weighted by atomic mass is 19.3. The van der Waals surface area contributed by atoms with Crippen LogP contribution in [0.5, 0.6) is 5.75 Å². The number of hydrogen-bond donors (Lipinski definition) is 1. The van der Waals surface area contributed by atoms with Crippen LogP contribution in [0.15, 0.2) is 42.5 Å². The molecule has 2 aromatic carbocycles. The van der Waals surface area contributed by atoms with Crippen LogP contribution in [0.25, 0.3) is 0 Å². The molecule has 0 amide bonds. The minimum absolute atomic E-state index is 0.0564. The maximum atomic E-state index is 12.2. The molecule has 0 spiro atoms. The number of ketones is 1. The van der Waals surface area contributed by atoms with Crippen LogP contribution in [-0.4, -0.2) is 17.5 Å². The summed E-state index contributed by atoms with van der Waals surface area (Å²) in [7, 11) is 0. The molecule has 0 aliphatic heterocycles. The van der Waals surface area contributed by atoms with Crippen molar-refractivity contribution in [2.45, 2.75) is 33.0 Å². The molecule has 0 bridgehead atoms. The zero-order chi connectivity index (χ0) is 17.0. The number of carbonyl (C=O) groups excluding carboxylic acids is 1. The number of hydrogen-bond acceptors (Lipinski definition) is 3. The van der Waals surface area contributed by atoms with Crippen molar-refractivity contribution in [3.05, 3.63) is 64.7 Å². The van der Waals surface area contributed by atoms with E-state index >= 15 is 0 Å². The fourth-order valence-electron chi connectivity index (χ4n) is 2.34. The van der Waals surface area contributed by atoms with Crippen molar-refractivity contribution in [1.29, 1.82) is 0 Å². The lowest BCUT2D eigenvalue weighted by Crippen LogP contribution is -2.08. The highest BCUT2D eigenvalue weighted by Gasteiger charge is 2.16. The standard InChI is InChI=1S/C18H18F2O3/c1-11-4-3-5-13(8-11)15(21)10-16(22)14-6-7-17(12(2)9-14)23-18(19)20/h3-9,16,18,22H,10H2,1-2H3. The van der Waals surface area contributed by atoms with Gasteiger partial charge in [-0.15, -0.1) is 0 Å². The maximum absolute atomic E-state index is 12.2. The monoisotopic (exact) mass is 320 g/mol. The fraction of sp³-hybridized carbons (Fsp3) is 0.278. The molecule has 2 aromatic rings. The Balaban J connectivity index is 2.10. The molecule has 0 radical (unpaired) electrons. The number of aliphatic hydroxyl groups is 1. The summed E-state index contributed by atoms with van der Waals surface area (Å²) >= 11 is 0. The normalized spacial score (nSPS) is 12.3. The molecular formula is C18H18F2O3. The lowest BCUT2D eigenvalue weighted by atomic mass is 9.98. The van der Waals surface area contributed by atoms with Gasteiger partial charge < -0.3 is 9.84 Å². The number of Topliss-reactive ketones (excluding diaryl/α,β-unsaturated/α-hetero) is 1. The van der Waals surface area contributed by atoms with Crippen molar-refractivity contribution < 1.29 is 23.4 Å². The highest BCUT2D eigenvalue weighted by molar-refractivity contribution is 5.96. The van der Waals surface area contributed by atoms with E-state index in [1.54, 1.807) is 31.2 Å². The van der Waals surface area contributed by atoms with Gasteiger partial charge in [0, 0.05) is 12.0 Å². The Morgan fingerprint density at radius 2 is 1.91 bits per heavy atom. The van der Waals surface area contributed by atoms with Crippen LogP contribution in [0.2, 0.25) is 0 Å². The van der Waals surface area contributed by atoms with Crippen LogP contribution in [0.1, 0.15) is 39.6 Å². The summed E-state index contributed by atoms with van der Waals surface area (Å²) in [5, 5.41) is 10.2. The van der Waals surface area contributed by atoms with E-state index in [2.05, 4.69) is 4.74 Å². The second-order valence-electron chi connectivity index (χ2n) is 5.42. The van der Waals surface area contributed by atoms with Crippen molar-refractivity contribution in [3.63, 3.8) is 0 Å². The molecule has 1 unspecified atom stereocenters. The van der Waals surface area contributed by atoms with Gasteiger partial charge in [-0.2, -0.15) is 8.78 Å². The Kier molecular flexibility index (Phi) is 5.45. The van der Waals surface area contributed by atoms with Crippen molar-refractivity contribution >= 4 is 5.78 Å². The topological polar surface area (TPSA) is 46.5 Å². The molecule has 2 rings (SSSR count). The van der Waals surface area contributed by atoms with Gasteiger partial charge in [0.05, 0.1) is 6.10 Å². The van der Waals surface area contributed by atoms with Gasteiger partial charge in [0.15, 0.2) is 5.78 Å². The highest BCUT2D eigenvalue weighted by Crippen LogP contribution is 2.26. The predicted octanol–water partition coefficient (Wildman–Crippen LogP) is 4.21. The van der Waals surface area contributed by atoms with Crippen LogP contribution in [0.4, 0.5) is 8.78 Å². The number of aliphatic hydroxyl groups excluding tert-OH is 1. The van der Waals surface area contributed by atoms with Gasteiger partial charge in [0.2, 0.25) is 0 Å². The lowest BCUT2D eigenvalue weighted by molar-refractivity contribution is -0.0503.